The highest BCUT2D eigenvalue weighted by Gasteiger charge is 2.28. The van der Waals surface area contributed by atoms with Crippen LogP contribution in [0, 0.1) is 0 Å². The Labute approximate surface area is 202 Å². The van der Waals surface area contributed by atoms with Crippen LogP contribution in [-0.2, 0) is 22.6 Å². The highest BCUT2D eigenvalue weighted by Crippen LogP contribution is 2.34. The second-order valence-corrected chi connectivity index (χ2v) is 9.89. The monoisotopic (exact) mass is 461 g/mol. The third kappa shape index (κ3) is 5.15. The van der Waals surface area contributed by atoms with Gasteiger partial charge in [-0.15, -0.1) is 0 Å². The standard InChI is InChI=1S/C27H35N5O2/c1-31(2)25(33)18-32-16-23-24(17-32)29-26(21-12-14-34-15-13-21)30-27(23)28-22-10-8-20(9-11-22)19-6-4-3-5-7-19/h8-12,19H,3-7,13-18H2,1-2H3,(H,28,29,30). The third-order valence-electron chi connectivity index (χ3n) is 7.21. The molecular weight excluding hydrogens is 426 g/mol. The van der Waals surface area contributed by atoms with E-state index in [0.717, 1.165) is 40.6 Å². The highest BCUT2D eigenvalue weighted by atomic mass is 16.5. The quantitative estimate of drug-likeness (QED) is 0.684. The molecule has 0 unspecified atom stereocenters. The van der Waals surface area contributed by atoms with Gasteiger partial charge >= 0.3 is 0 Å². The lowest BCUT2D eigenvalue weighted by molar-refractivity contribution is -0.130. The highest BCUT2D eigenvalue weighted by molar-refractivity contribution is 5.78. The van der Waals surface area contributed by atoms with Gasteiger partial charge in [-0.05, 0) is 48.4 Å². The zero-order valence-corrected chi connectivity index (χ0v) is 20.3. The van der Waals surface area contributed by atoms with Crippen LogP contribution < -0.4 is 5.32 Å². The third-order valence-corrected chi connectivity index (χ3v) is 7.21. The van der Waals surface area contributed by atoms with Crippen molar-refractivity contribution in [1.82, 2.24) is 19.8 Å². The topological polar surface area (TPSA) is 70.6 Å². The molecule has 1 saturated carbocycles. The van der Waals surface area contributed by atoms with Crippen LogP contribution in [0.1, 0.15) is 67.1 Å². The van der Waals surface area contributed by atoms with Crippen LogP contribution in [-0.4, -0.2) is 59.5 Å². The van der Waals surface area contributed by atoms with Gasteiger partial charge in [0.25, 0.3) is 0 Å². The van der Waals surface area contributed by atoms with E-state index in [1.54, 1.807) is 19.0 Å². The Morgan fingerprint density at radius 2 is 1.91 bits per heavy atom. The Hall–Kier alpha value is -2.77. The molecule has 1 fully saturated rings. The van der Waals surface area contributed by atoms with E-state index < -0.39 is 0 Å². The SMILES string of the molecule is CN(C)C(=O)CN1Cc2nc(C3=CCOCC3)nc(Nc3ccc(C4CCCCC4)cc3)c2C1. The first-order valence-electron chi connectivity index (χ1n) is 12.5. The number of nitrogens with one attached hydrogen (secondary N) is 1. The molecule has 1 aromatic heterocycles. The van der Waals surface area contributed by atoms with Crippen molar-refractivity contribution in [3.8, 4) is 0 Å². The molecule has 0 atom stereocenters. The number of hydrogen-bond donors (Lipinski definition) is 1. The van der Waals surface area contributed by atoms with Crippen LogP contribution in [0.4, 0.5) is 11.5 Å². The zero-order valence-electron chi connectivity index (χ0n) is 20.3. The first-order valence-corrected chi connectivity index (χ1v) is 12.5. The maximum Gasteiger partial charge on any atom is 0.236 e. The Morgan fingerprint density at radius 1 is 1.12 bits per heavy atom. The van der Waals surface area contributed by atoms with E-state index in [1.807, 2.05) is 0 Å². The normalized spacial score (nSPS) is 18.9. The van der Waals surface area contributed by atoms with Gasteiger partial charge in [-0.2, -0.15) is 0 Å². The fraction of sp³-hybridized carbons (Fsp3) is 0.519. The van der Waals surface area contributed by atoms with Gasteiger partial charge in [0.2, 0.25) is 5.91 Å². The average molecular weight is 462 g/mol. The molecule has 0 bridgehead atoms. The lowest BCUT2D eigenvalue weighted by Crippen LogP contribution is -2.33. The minimum Gasteiger partial charge on any atom is -0.377 e. The van der Waals surface area contributed by atoms with E-state index in [0.29, 0.717) is 38.8 Å². The summed E-state index contributed by atoms with van der Waals surface area (Å²) in [5, 5.41) is 3.58. The number of benzene rings is 1. The van der Waals surface area contributed by atoms with E-state index in [2.05, 4.69) is 40.6 Å². The van der Waals surface area contributed by atoms with Crippen molar-refractivity contribution in [3.05, 3.63) is 53.0 Å². The molecule has 1 amide bonds. The molecule has 180 valence electrons. The number of hydrogen-bond acceptors (Lipinski definition) is 6. The predicted octanol–water partition coefficient (Wildman–Crippen LogP) is 4.48. The molecule has 1 aliphatic carbocycles. The summed E-state index contributed by atoms with van der Waals surface area (Å²) < 4.78 is 5.49. The van der Waals surface area contributed by atoms with Crippen molar-refractivity contribution in [2.75, 3.05) is 39.2 Å². The van der Waals surface area contributed by atoms with Crippen molar-refractivity contribution in [1.29, 1.82) is 0 Å². The Kier molecular flexibility index (Phi) is 6.92. The minimum atomic E-state index is 0.0981. The van der Waals surface area contributed by atoms with Gasteiger partial charge in [0.05, 0.1) is 25.5 Å². The molecule has 2 aromatic rings. The summed E-state index contributed by atoms with van der Waals surface area (Å²) >= 11 is 0. The summed E-state index contributed by atoms with van der Waals surface area (Å²) in [7, 11) is 3.59. The number of carbonyl (C=O) groups excluding carboxylic acids is 1. The summed E-state index contributed by atoms with van der Waals surface area (Å²) in [5.41, 5.74) is 5.70. The number of fused-ring (bicyclic) bond motifs is 1. The fourth-order valence-corrected chi connectivity index (χ4v) is 5.15. The van der Waals surface area contributed by atoms with Crippen LogP contribution in [0.25, 0.3) is 5.57 Å². The average Bonchev–Trinajstić information content (AvgIpc) is 3.28. The van der Waals surface area contributed by atoms with E-state index in [-0.39, 0.29) is 5.91 Å². The molecule has 3 aliphatic rings. The van der Waals surface area contributed by atoms with Gasteiger partial charge in [-0.3, -0.25) is 9.69 Å². The van der Waals surface area contributed by atoms with Crippen molar-refractivity contribution in [2.45, 2.75) is 57.5 Å². The maximum atomic E-state index is 12.3. The maximum absolute atomic E-state index is 12.3. The number of aromatic nitrogens is 2. The number of likely N-dealkylation sites (N-methyl/N-ethyl adjacent to an activating group) is 1. The Balaban J connectivity index is 1.40. The number of carbonyl (C=O) groups is 1. The molecule has 0 spiro atoms. The van der Waals surface area contributed by atoms with E-state index >= 15 is 0 Å². The zero-order chi connectivity index (χ0) is 23.5. The van der Waals surface area contributed by atoms with Crippen molar-refractivity contribution >= 4 is 23.0 Å². The minimum absolute atomic E-state index is 0.0981. The molecule has 34 heavy (non-hydrogen) atoms. The lowest BCUT2D eigenvalue weighted by Gasteiger charge is -2.22. The summed E-state index contributed by atoms with van der Waals surface area (Å²) in [6, 6.07) is 8.88. The molecule has 7 nitrogen and oxygen atoms in total. The van der Waals surface area contributed by atoms with Gasteiger partial charge in [0, 0.05) is 38.4 Å². The molecule has 7 heteroatoms. The number of amides is 1. The predicted molar refractivity (Wildman–Crippen MR) is 134 cm³/mol. The van der Waals surface area contributed by atoms with Crippen LogP contribution in [0.5, 0.6) is 0 Å². The van der Waals surface area contributed by atoms with Crippen LogP contribution in [0.2, 0.25) is 0 Å². The van der Waals surface area contributed by atoms with E-state index in [1.165, 1.54) is 37.7 Å². The first-order chi connectivity index (χ1) is 16.6. The summed E-state index contributed by atoms with van der Waals surface area (Å²) in [6.45, 7) is 3.00. The van der Waals surface area contributed by atoms with Gasteiger partial charge in [0.15, 0.2) is 5.82 Å². The molecule has 0 saturated heterocycles. The number of rotatable bonds is 6. The molecule has 0 radical (unpaired) electrons. The van der Waals surface area contributed by atoms with Gasteiger partial charge < -0.3 is 15.0 Å². The number of ether oxygens (including phenoxy) is 1. The van der Waals surface area contributed by atoms with Crippen LogP contribution >= 0.6 is 0 Å². The lowest BCUT2D eigenvalue weighted by atomic mass is 9.84. The molecule has 3 heterocycles. The molecule has 5 rings (SSSR count). The Morgan fingerprint density at radius 3 is 2.62 bits per heavy atom. The van der Waals surface area contributed by atoms with E-state index in [4.69, 9.17) is 14.7 Å². The van der Waals surface area contributed by atoms with Gasteiger partial charge in [0.1, 0.15) is 5.82 Å². The smallest absolute Gasteiger partial charge is 0.236 e. The fourth-order valence-electron chi connectivity index (χ4n) is 5.15. The van der Waals surface area contributed by atoms with E-state index in [9.17, 15) is 4.79 Å². The number of anilines is 2. The summed E-state index contributed by atoms with van der Waals surface area (Å²) in [5.74, 6) is 2.41. The second-order valence-electron chi connectivity index (χ2n) is 9.89. The van der Waals surface area contributed by atoms with Crippen molar-refractivity contribution < 1.29 is 9.53 Å². The molecule has 2 aliphatic heterocycles. The number of nitrogens with zero attached hydrogens (tertiary/aromatic N) is 4. The van der Waals surface area contributed by atoms with Gasteiger partial charge in [-0.25, -0.2) is 9.97 Å². The largest absolute Gasteiger partial charge is 0.377 e. The van der Waals surface area contributed by atoms with Crippen molar-refractivity contribution in [3.63, 3.8) is 0 Å². The summed E-state index contributed by atoms with van der Waals surface area (Å²) in [4.78, 5) is 26.0. The van der Waals surface area contributed by atoms with Crippen LogP contribution in [0.3, 0.4) is 0 Å². The Bertz CT molecular complexity index is 1060. The summed E-state index contributed by atoms with van der Waals surface area (Å²) in [6.07, 6.45) is 9.55. The van der Waals surface area contributed by atoms with Crippen LogP contribution in [0.15, 0.2) is 30.3 Å². The second kappa shape index (κ2) is 10.2. The molecule has 1 aromatic carbocycles. The van der Waals surface area contributed by atoms with Gasteiger partial charge in [-0.1, -0.05) is 37.5 Å². The molecular formula is C27H35N5O2. The first kappa shape index (κ1) is 23.0. The van der Waals surface area contributed by atoms with Crippen molar-refractivity contribution in [2.24, 2.45) is 0 Å². The molecule has 1 N–H and O–H groups in total.